The van der Waals surface area contributed by atoms with E-state index < -0.39 is 10.0 Å². The molecule has 1 aliphatic rings. The lowest BCUT2D eigenvalue weighted by Crippen LogP contribution is -2.44. The molecule has 0 aliphatic carbocycles. The van der Waals surface area contributed by atoms with E-state index in [0.717, 1.165) is 5.56 Å². The molecule has 0 unspecified atom stereocenters. The third-order valence-electron chi connectivity index (χ3n) is 5.92. The Kier molecular flexibility index (Phi) is 8.45. The van der Waals surface area contributed by atoms with E-state index >= 15 is 0 Å². The summed E-state index contributed by atoms with van der Waals surface area (Å²) in [6.45, 7) is 3.30. The first-order valence-corrected chi connectivity index (χ1v) is 12.6. The number of sulfonamides is 1. The number of likely N-dealkylation sites (N-methyl/N-ethyl adjacent to an activating group) is 1. The van der Waals surface area contributed by atoms with Gasteiger partial charge in [0.15, 0.2) is 0 Å². The molecule has 1 saturated heterocycles. The average molecular weight is 478 g/mol. The molecular formula is C24H32FN3O4S. The van der Waals surface area contributed by atoms with Crippen molar-refractivity contribution in [3.63, 3.8) is 0 Å². The number of piperidine rings is 1. The summed E-state index contributed by atoms with van der Waals surface area (Å²) in [6, 6.07) is 12.6. The number of nitrogens with zero attached hydrogens (tertiary/aromatic N) is 2. The number of nitrogens with one attached hydrogen (secondary N) is 1. The van der Waals surface area contributed by atoms with E-state index in [1.165, 1.54) is 16.4 Å². The van der Waals surface area contributed by atoms with E-state index in [1.807, 2.05) is 32.0 Å². The van der Waals surface area contributed by atoms with E-state index in [0.29, 0.717) is 31.7 Å². The van der Waals surface area contributed by atoms with Crippen LogP contribution >= 0.6 is 0 Å². The second-order valence-corrected chi connectivity index (χ2v) is 10.3. The summed E-state index contributed by atoms with van der Waals surface area (Å²) in [6.07, 6.45) is 0.906. The van der Waals surface area contributed by atoms with E-state index in [9.17, 15) is 17.6 Å². The molecule has 33 heavy (non-hydrogen) atoms. The van der Waals surface area contributed by atoms with Crippen LogP contribution in [0.5, 0.6) is 5.75 Å². The van der Waals surface area contributed by atoms with Crippen LogP contribution in [0.3, 0.4) is 0 Å². The molecule has 7 nitrogen and oxygen atoms in total. The van der Waals surface area contributed by atoms with Gasteiger partial charge in [0, 0.05) is 25.6 Å². The number of carbonyl (C=O) groups is 1. The lowest BCUT2D eigenvalue weighted by Gasteiger charge is -2.31. The number of hydrogen-bond acceptors (Lipinski definition) is 5. The molecule has 3 rings (SSSR count). The van der Waals surface area contributed by atoms with Crippen LogP contribution in [-0.4, -0.2) is 63.9 Å². The van der Waals surface area contributed by atoms with E-state index in [4.69, 9.17) is 4.74 Å². The van der Waals surface area contributed by atoms with Crippen LogP contribution in [-0.2, 0) is 14.8 Å². The van der Waals surface area contributed by atoms with Gasteiger partial charge in [-0.25, -0.2) is 12.8 Å². The van der Waals surface area contributed by atoms with Crippen molar-refractivity contribution in [2.24, 2.45) is 5.92 Å². The number of hydrogen-bond donors (Lipinski definition) is 1. The van der Waals surface area contributed by atoms with Crippen molar-refractivity contribution < 1.29 is 22.3 Å². The summed E-state index contributed by atoms with van der Waals surface area (Å²) in [7, 11) is 0.146. The van der Waals surface area contributed by atoms with Crippen LogP contribution in [0.4, 0.5) is 4.39 Å². The molecule has 9 heteroatoms. The maximum absolute atomic E-state index is 13.6. The van der Waals surface area contributed by atoms with Crippen molar-refractivity contribution in [2.75, 3.05) is 40.3 Å². The highest BCUT2D eigenvalue weighted by Gasteiger charge is 2.32. The topological polar surface area (TPSA) is 79.0 Å². The van der Waals surface area contributed by atoms with Gasteiger partial charge in [0.2, 0.25) is 15.9 Å². The first kappa shape index (κ1) is 25.1. The molecule has 0 bridgehead atoms. The molecule has 0 saturated carbocycles. The van der Waals surface area contributed by atoms with Crippen molar-refractivity contribution in [3.8, 4) is 5.75 Å². The molecule has 1 amide bonds. The van der Waals surface area contributed by atoms with Crippen molar-refractivity contribution in [2.45, 2.75) is 30.7 Å². The summed E-state index contributed by atoms with van der Waals surface area (Å²) in [4.78, 5) is 14.9. The van der Waals surface area contributed by atoms with Gasteiger partial charge in [-0.2, -0.15) is 4.31 Å². The van der Waals surface area contributed by atoms with Crippen molar-refractivity contribution in [1.29, 1.82) is 0 Å². The maximum atomic E-state index is 13.6. The first-order valence-electron chi connectivity index (χ1n) is 11.1. The lowest BCUT2D eigenvalue weighted by atomic mass is 9.97. The Bertz CT molecular complexity index is 1040. The molecule has 1 atom stereocenters. The van der Waals surface area contributed by atoms with Gasteiger partial charge in [-0.15, -0.1) is 0 Å². The zero-order valence-corrected chi connectivity index (χ0v) is 20.1. The number of halogens is 1. The Morgan fingerprint density at radius 3 is 2.42 bits per heavy atom. The minimum Gasteiger partial charge on any atom is -0.494 e. The monoisotopic (exact) mass is 477 g/mol. The fourth-order valence-corrected chi connectivity index (χ4v) is 5.51. The van der Waals surface area contributed by atoms with Crippen LogP contribution in [0.25, 0.3) is 0 Å². The van der Waals surface area contributed by atoms with Crippen LogP contribution in [0.1, 0.15) is 31.4 Å². The molecule has 1 heterocycles. The summed E-state index contributed by atoms with van der Waals surface area (Å²) in [5.41, 5.74) is 0.788. The standard InChI is InChI=1S/C24H32FN3O4S/c1-4-32-21-8-10-22(11-9-21)33(30,31)28-14-12-18(13-15-28)24(29)26-17-23(27(2)3)19-6-5-7-20(25)16-19/h5-11,16,18,23H,4,12-15,17H2,1-3H3,(H,26,29)/t23-/m0/s1. The number of benzene rings is 2. The van der Waals surface area contributed by atoms with Gasteiger partial charge in [0.25, 0.3) is 0 Å². The van der Waals surface area contributed by atoms with E-state index in [2.05, 4.69) is 5.32 Å². The second-order valence-electron chi connectivity index (χ2n) is 8.36. The Balaban J connectivity index is 1.55. The highest BCUT2D eigenvalue weighted by molar-refractivity contribution is 7.89. The Labute approximate surface area is 195 Å². The highest BCUT2D eigenvalue weighted by atomic mass is 32.2. The number of rotatable bonds is 9. The minimum absolute atomic E-state index is 0.101. The van der Waals surface area contributed by atoms with Crippen LogP contribution < -0.4 is 10.1 Å². The van der Waals surface area contributed by atoms with Crippen LogP contribution in [0, 0.1) is 11.7 Å². The summed E-state index contributed by atoms with van der Waals surface area (Å²) in [5, 5.41) is 2.97. The zero-order chi connectivity index (χ0) is 24.0. The quantitative estimate of drug-likeness (QED) is 0.601. The van der Waals surface area contributed by atoms with Crippen molar-refractivity contribution in [1.82, 2.24) is 14.5 Å². The third kappa shape index (κ3) is 6.31. The molecule has 0 radical (unpaired) electrons. The van der Waals surface area contributed by atoms with Crippen molar-refractivity contribution >= 4 is 15.9 Å². The molecular weight excluding hydrogens is 445 g/mol. The molecule has 2 aromatic rings. The lowest BCUT2D eigenvalue weighted by molar-refractivity contribution is -0.126. The summed E-state index contributed by atoms with van der Waals surface area (Å²) in [5.74, 6) is -0.0450. The van der Waals surface area contributed by atoms with Gasteiger partial charge >= 0.3 is 0 Å². The summed E-state index contributed by atoms with van der Waals surface area (Å²) < 4.78 is 46.3. The summed E-state index contributed by atoms with van der Waals surface area (Å²) >= 11 is 0. The Morgan fingerprint density at radius 2 is 1.85 bits per heavy atom. The smallest absolute Gasteiger partial charge is 0.243 e. The third-order valence-corrected chi connectivity index (χ3v) is 7.84. The molecule has 0 spiro atoms. The minimum atomic E-state index is -3.62. The van der Waals surface area contributed by atoms with Gasteiger partial charge in [0.05, 0.1) is 17.5 Å². The number of ether oxygens (including phenoxy) is 1. The van der Waals surface area contributed by atoms with Gasteiger partial charge in [0.1, 0.15) is 11.6 Å². The molecule has 1 fully saturated rings. The molecule has 1 N–H and O–H groups in total. The first-order chi connectivity index (χ1) is 15.7. The van der Waals surface area contributed by atoms with Gasteiger partial charge in [-0.1, -0.05) is 12.1 Å². The van der Waals surface area contributed by atoms with Crippen molar-refractivity contribution in [3.05, 3.63) is 59.9 Å². The largest absolute Gasteiger partial charge is 0.494 e. The number of amides is 1. The van der Waals surface area contributed by atoms with Gasteiger partial charge in [-0.3, -0.25) is 4.79 Å². The second kappa shape index (κ2) is 11.1. The van der Waals surface area contributed by atoms with Gasteiger partial charge < -0.3 is 15.0 Å². The maximum Gasteiger partial charge on any atom is 0.243 e. The Hall–Kier alpha value is -2.49. The average Bonchev–Trinajstić information content (AvgIpc) is 2.79. The van der Waals surface area contributed by atoms with E-state index in [-0.39, 0.29) is 41.7 Å². The van der Waals surface area contributed by atoms with Gasteiger partial charge in [-0.05, 0) is 75.8 Å². The fraction of sp³-hybridized carbons (Fsp3) is 0.458. The predicted molar refractivity (Wildman–Crippen MR) is 125 cm³/mol. The highest BCUT2D eigenvalue weighted by Crippen LogP contribution is 2.26. The molecule has 2 aromatic carbocycles. The fourth-order valence-electron chi connectivity index (χ4n) is 4.04. The van der Waals surface area contributed by atoms with Crippen LogP contribution in [0.15, 0.2) is 53.4 Å². The predicted octanol–water partition coefficient (Wildman–Crippen LogP) is 3.04. The Morgan fingerprint density at radius 1 is 1.18 bits per heavy atom. The normalized spacial score (nSPS) is 16.5. The number of carbonyl (C=O) groups excluding carboxylic acids is 1. The SMILES string of the molecule is CCOc1ccc(S(=O)(=O)N2CCC(C(=O)NC[C@@H](c3cccc(F)c3)N(C)C)CC2)cc1. The molecule has 1 aliphatic heterocycles. The molecule has 0 aromatic heterocycles. The molecule has 180 valence electrons. The van der Waals surface area contributed by atoms with Crippen LogP contribution in [0.2, 0.25) is 0 Å². The van der Waals surface area contributed by atoms with E-state index in [1.54, 1.807) is 30.3 Å². The zero-order valence-electron chi connectivity index (χ0n) is 19.3.